The van der Waals surface area contributed by atoms with E-state index >= 15 is 0 Å². The number of nitrogens with zero attached hydrogens (tertiary/aromatic N) is 2. The van der Waals surface area contributed by atoms with Crippen LogP contribution in [0.2, 0.25) is 0 Å². The van der Waals surface area contributed by atoms with Gasteiger partial charge < -0.3 is 10.6 Å². The van der Waals surface area contributed by atoms with Crippen molar-refractivity contribution in [3.63, 3.8) is 0 Å². The predicted octanol–water partition coefficient (Wildman–Crippen LogP) is 1.54. The summed E-state index contributed by atoms with van der Waals surface area (Å²) in [4.78, 5) is 12.7. The lowest BCUT2D eigenvalue weighted by molar-refractivity contribution is -0.133. The quantitative estimate of drug-likeness (QED) is 0.878. The van der Waals surface area contributed by atoms with Crippen LogP contribution in [0.1, 0.15) is 44.5 Å². The molecule has 5 heteroatoms. The maximum atomic E-state index is 12.7. The van der Waals surface area contributed by atoms with Crippen molar-refractivity contribution in [2.75, 3.05) is 13.1 Å². The molecule has 0 aliphatic carbocycles. The van der Waals surface area contributed by atoms with Crippen LogP contribution in [0.25, 0.3) is 0 Å². The van der Waals surface area contributed by atoms with Crippen LogP contribution >= 0.6 is 0 Å². The average Bonchev–Trinajstić information content (AvgIpc) is 2.99. The Labute approximate surface area is 121 Å². The summed E-state index contributed by atoms with van der Waals surface area (Å²) >= 11 is 0. The summed E-state index contributed by atoms with van der Waals surface area (Å²) in [5.74, 6) is 0.493. The van der Waals surface area contributed by atoms with Crippen LogP contribution in [0.4, 0.5) is 0 Å². The molecule has 0 saturated carbocycles. The van der Waals surface area contributed by atoms with E-state index in [2.05, 4.69) is 29.6 Å². The molecule has 1 fully saturated rings. The molecule has 1 amide bonds. The van der Waals surface area contributed by atoms with Gasteiger partial charge in [0.25, 0.3) is 0 Å². The molecule has 1 saturated heterocycles. The summed E-state index contributed by atoms with van der Waals surface area (Å²) in [6, 6.07) is -0.00701. The van der Waals surface area contributed by atoms with Gasteiger partial charge in [0.1, 0.15) is 0 Å². The zero-order chi connectivity index (χ0) is 14.9. The minimum Gasteiger partial charge on any atom is -0.349 e. The molecule has 1 aromatic heterocycles. The van der Waals surface area contributed by atoms with Gasteiger partial charge in [-0.1, -0.05) is 13.8 Å². The van der Waals surface area contributed by atoms with Crippen molar-refractivity contribution in [1.29, 1.82) is 0 Å². The van der Waals surface area contributed by atoms with Gasteiger partial charge in [-0.3, -0.25) is 9.48 Å². The van der Waals surface area contributed by atoms with Crippen LogP contribution in [0.5, 0.6) is 0 Å². The van der Waals surface area contributed by atoms with Crippen molar-refractivity contribution in [2.45, 2.75) is 40.2 Å². The monoisotopic (exact) mass is 278 g/mol. The minimum absolute atomic E-state index is 0.00701. The molecule has 1 aliphatic rings. The molecule has 2 N–H and O–H groups in total. The first-order chi connectivity index (χ1) is 9.38. The van der Waals surface area contributed by atoms with Gasteiger partial charge >= 0.3 is 0 Å². The van der Waals surface area contributed by atoms with Gasteiger partial charge in [-0.15, -0.1) is 0 Å². The van der Waals surface area contributed by atoms with Gasteiger partial charge in [0.05, 0.1) is 17.7 Å². The van der Waals surface area contributed by atoms with Crippen LogP contribution in [-0.4, -0.2) is 28.8 Å². The predicted molar refractivity (Wildman–Crippen MR) is 79.3 cm³/mol. The van der Waals surface area contributed by atoms with Crippen LogP contribution in [0, 0.1) is 18.3 Å². The van der Waals surface area contributed by atoms with Crippen molar-refractivity contribution in [3.8, 4) is 0 Å². The van der Waals surface area contributed by atoms with Crippen molar-refractivity contribution < 1.29 is 4.79 Å². The molecule has 2 atom stereocenters. The molecule has 2 rings (SSSR count). The van der Waals surface area contributed by atoms with Gasteiger partial charge in [0.15, 0.2) is 0 Å². The molecule has 1 aromatic rings. The van der Waals surface area contributed by atoms with Gasteiger partial charge in [-0.25, -0.2) is 0 Å². The number of nitrogens with one attached hydrogen (secondary N) is 2. The second-order valence-corrected chi connectivity index (χ2v) is 6.24. The lowest BCUT2D eigenvalue weighted by Gasteiger charge is -2.32. The molecule has 0 spiro atoms. The Morgan fingerprint density at radius 2 is 2.20 bits per heavy atom. The maximum absolute atomic E-state index is 12.7. The molecule has 20 heavy (non-hydrogen) atoms. The first kappa shape index (κ1) is 15.0. The Bertz CT molecular complexity index is 486. The first-order valence-corrected chi connectivity index (χ1v) is 7.38. The molecule has 1 aliphatic heterocycles. The van der Waals surface area contributed by atoms with Crippen molar-refractivity contribution in [1.82, 2.24) is 20.4 Å². The van der Waals surface area contributed by atoms with E-state index in [0.29, 0.717) is 5.92 Å². The van der Waals surface area contributed by atoms with Gasteiger partial charge in [-0.05, 0) is 32.7 Å². The average molecular weight is 278 g/mol. The number of aromatic nitrogens is 2. The third-order valence-corrected chi connectivity index (χ3v) is 4.83. The van der Waals surface area contributed by atoms with E-state index in [1.165, 1.54) is 0 Å². The van der Waals surface area contributed by atoms with E-state index in [0.717, 1.165) is 30.8 Å². The third kappa shape index (κ3) is 2.46. The Hall–Kier alpha value is -1.36. The SMILES string of the molecule is Cc1c(C(C)NC(=O)C2(C(C)C)CCNC2)cnn1C. The summed E-state index contributed by atoms with van der Waals surface area (Å²) in [7, 11) is 1.92. The number of hydrogen-bond acceptors (Lipinski definition) is 3. The zero-order valence-electron chi connectivity index (χ0n) is 13.2. The first-order valence-electron chi connectivity index (χ1n) is 7.38. The molecule has 0 radical (unpaired) electrons. The topological polar surface area (TPSA) is 59.0 Å². The standard InChI is InChI=1S/C15H26N4O/c1-10(2)15(6-7-16-9-15)14(20)18-11(3)13-8-17-19(5)12(13)4/h8,10-11,16H,6-7,9H2,1-5H3,(H,18,20). The molecule has 2 heterocycles. The zero-order valence-corrected chi connectivity index (χ0v) is 13.2. The van der Waals surface area contributed by atoms with Gasteiger partial charge in [-0.2, -0.15) is 5.10 Å². The summed E-state index contributed by atoms with van der Waals surface area (Å²) in [6.45, 7) is 10.0. The van der Waals surface area contributed by atoms with Crippen LogP contribution in [0.3, 0.4) is 0 Å². The number of hydrogen-bond donors (Lipinski definition) is 2. The molecule has 2 unspecified atom stereocenters. The second kappa shape index (κ2) is 5.56. The molecular weight excluding hydrogens is 252 g/mol. The van der Waals surface area contributed by atoms with Crippen molar-refractivity contribution in [3.05, 3.63) is 17.5 Å². The second-order valence-electron chi connectivity index (χ2n) is 6.24. The highest BCUT2D eigenvalue weighted by atomic mass is 16.2. The fourth-order valence-electron chi connectivity index (χ4n) is 3.02. The number of carbonyl (C=O) groups is 1. The largest absolute Gasteiger partial charge is 0.349 e. The fraction of sp³-hybridized carbons (Fsp3) is 0.733. The number of rotatable bonds is 4. The molecule has 5 nitrogen and oxygen atoms in total. The minimum atomic E-state index is -0.273. The lowest BCUT2D eigenvalue weighted by atomic mass is 9.75. The highest BCUT2D eigenvalue weighted by Gasteiger charge is 2.44. The Morgan fingerprint density at radius 1 is 1.50 bits per heavy atom. The summed E-state index contributed by atoms with van der Waals surface area (Å²) in [6.07, 6.45) is 2.75. The Morgan fingerprint density at radius 3 is 2.65 bits per heavy atom. The molecule has 0 aromatic carbocycles. The lowest BCUT2D eigenvalue weighted by Crippen LogP contribution is -2.46. The maximum Gasteiger partial charge on any atom is 0.228 e. The van der Waals surface area contributed by atoms with Crippen molar-refractivity contribution >= 4 is 5.91 Å². The molecular formula is C15H26N4O. The Kier molecular flexibility index (Phi) is 4.18. The van der Waals surface area contributed by atoms with E-state index < -0.39 is 0 Å². The fourth-order valence-corrected chi connectivity index (χ4v) is 3.02. The van der Waals surface area contributed by atoms with Crippen molar-refractivity contribution in [2.24, 2.45) is 18.4 Å². The van der Waals surface area contributed by atoms with Gasteiger partial charge in [0.2, 0.25) is 5.91 Å². The van der Waals surface area contributed by atoms with E-state index in [1.807, 2.05) is 31.8 Å². The molecule has 0 bridgehead atoms. The smallest absolute Gasteiger partial charge is 0.228 e. The van der Waals surface area contributed by atoms with E-state index in [-0.39, 0.29) is 17.4 Å². The number of amides is 1. The summed E-state index contributed by atoms with van der Waals surface area (Å²) in [5.41, 5.74) is 1.91. The Balaban J connectivity index is 2.13. The number of carbonyl (C=O) groups excluding carboxylic acids is 1. The summed E-state index contributed by atoms with van der Waals surface area (Å²) in [5, 5.41) is 10.8. The normalized spacial score (nSPS) is 24.1. The third-order valence-electron chi connectivity index (χ3n) is 4.83. The highest BCUT2D eigenvalue weighted by Crippen LogP contribution is 2.35. The highest BCUT2D eigenvalue weighted by molar-refractivity contribution is 5.84. The van der Waals surface area contributed by atoms with E-state index in [1.54, 1.807) is 0 Å². The number of aryl methyl sites for hydroxylation is 1. The molecule has 112 valence electrons. The van der Waals surface area contributed by atoms with Crippen LogP contribution in [-0.2, 0) is 11.8 Å². The van der Waals surface area contributed by atoms with E-state index in [4.69, 9.17) is 0 Å². The van der Waals surface area contributed by atoms with Crippen LogP contribution < -0.4 is 10.6 Å². The van der Waals surface area contributed by atoms with Crippen LogP contribution in [0.15, 0.2) is 6.20 Å². The van der Waals surface area contributed by atoms with E-state index in [9.17, 15) is 4.79 Å². The van der Waals surface area contributed by atoms with Gasteiger partial charge in [0, 0.05) is 24.8 Å². The summed E-state index contributed by atoms with van der Waals surface area (Å²) < 4.78 is 1.84.